The van der Waals surface area contributed by atoms with Gasteiger partial charge < -0.3 is 15.6 Å². The number of aliphatic hydroxyl groups is 1. The van der Waals surface area contributed by atoms with Crippen molar-refractivity contribution < 1.29 is 9.84 Å². The molecule has 106 valence electrons. The Morgan fingerprint density at radius 2 is 1.89 bits per heavy atom. The standard InChI is InChI=1S/C16H25NO2/c1-2-11-19-14-7-5-13(6-8-14)15(18)16(12-17)9-3-4-10-16/h5-8,15,18H,2-4,9-12,17H2,1H3. The highest BCUT2D eigenvalue weighted by Gasteiger charge is 2.40. The fraction of sp³-hybridized carbons (Fsp3) is 0.625. The first-order chi connectivity index (χ1) is 9.22. The summed E-state index contributed by atoms with van der Waals surface area (Å²) >= 11 is 0. The van der Waals surface area contributed by atoms with Crippen LogP contribution < -0.4 is 10.5 Å². The van der Waals surface area contributed by atoms with Crippen LogP contribution in [0.1, 0.15) is 50.7 Å². The third kappa shape index (κ3) is 3.10. The van der Waals surface area contributed by atoms with E-state index in [2.05, 4.69) is 6.92 Å². The van der Waals surface area contributed by atoms with Crippen LogP contribution in [0, 0.1) is 5.41 Å². The van der Waals surface area contributed by atoms with Gasteiger partial charge in [-0.05, 0) is 37.0 Å². The molecule has 1 atom stereocenters. The van der Waals surface area contributed by atoms with E-state index in [9.17, 15) is 5.11 Å². The van der Waals surface area contributed by atoms with Crippen molar-refractivity contribution >= 4 is 0 Å². The fourth-order valence-electron chi connectivity index (χ4n) is 2.99. The van der Waals surface area contributed by atoms with Crippen LogP contribution in [0.3, 0.4) is 0 Å². The average Bonchev–Trinajstić information content (AvgIpc) is 2.95. The van der Waals surface area contributed by atoms with E-state index in [0.717, 1.165) is 37.2 Å². The third-order valence-corrected chi connectivity index (χ3v) is 4.25. The van der Waals surface area contributed by atoms with Gasteiger partial charge in [0.25, 0.3) is 0 Å². The van der Waals surface area contributed by atoms with Gasteiger partial charge >= 0.3 is 0 Å². The van der Waals surface area contributed by atoms with Crippen molar-refractivity contribution in [1.29, 1.82) is 0 Å². The predicted molar refractivity (Wildman–Crippen MR) is 77.1 cm³/mol. The summed E-state index contributed by atoms with van der Waals surface area (Å²) in [5.74, 6) is 0.867. The first kappa shape index (κ1) is 14.4. The normalized spacial score (nSPS) is 19.3. The van der Waals surface area contributed by atoms with E-state index in [-0.39, 0.29) is 5.41 Å². The molecular weight excluding hydrogens is 238 g/mol. The van der Waals surface area contributed by atoms with Crippen LogP contribution in [0.5, 0.6) is 5.75 Å². The van der Waals surface area contributed by atoms with Gasteiger partial charge in [0.2, 0.25) is 0 Å². The Balaban J connectivity index is 2.08. The molecule has 3 N–H and O–H groups in total. The van der Waals surface area contributed by atoms with Crippen molar-refractivity contribution in [3.05, 3.63) is 29.8 Å². The quantitative estimate of drug-likeness (QED) is 0.829. The molecular formula is C16H25NO2. The monoisotopic (exact) mass is 263 g/mol. The molecule has 0 aliphatic heterocycles. The van der Waals surface area contributed by atoms with Gasteiger partial charge in [-0.15, -0.1) is 0 Å². The Bertz CT molecular complexity index is 382. The van der Waals surface area contributed by atoms with Gasteiger partial charge in [0.15, 0.2) is 0 Å². The molecule has 0 saturated heterocycles. The van der Waals surface area contributed by atoms with Gasteiger partial charge in [-0.25, -0.2) is 0 Å². The van der Waals surface area contributed by atoms with E-state index in [1.807, 2.05) is 24.3 Å². The number of hydrogen-bond acceptors (Lipinski definition) is 3. The molecule has 19 heavy (non-hydrogen) atoms. The van der Waals surface area contributed by atoms with Crippen LogP contribution in [0.15, 0.2) is 24.3 Å². The summed E-state index contributed by atoms with van der Waals surface area (Å²) in [5, 5.41) is 10.6. The molecule has 3 nitrogen and oxygen atoms in total. The van der Waals surface area contributed by atoms with E-state index in [0.29, 0.717) is 6.54 Å². The molecule has 1 unspecified atom stereocenters. The van der Waals surface area contributed by atoms with E-state index in [4.69, 9.17) is 10.5 Å². The number of hydrogen-bond donors (Lipinski definition) is 2. The topological polar surface area (TPSA) is 55.5 Å². The largest absolute Gasteiger partial charge is 0.494 e. The molecule has 1 aromatic carbocycles. The molecule has 0 bridgehead atoms. The maximum absolute atomic E-state index is 10.6. The highest BCUT2D eigenvalue weighted by atomic mass is 16.5. The second kappa shape index (κ2) is 6.40. The Hall–Kier alpha value is -1.06. The van der Waals surface area contributed by atoms with E-state index in [1.165, 1.54) is 12.8 Å². The van der Waals surface area contributed by atoms with Crippen LogP contribution in [0.2, 0.25) is 0 Å². The smallest absolute Gasteiger partial charge is 0.119 e. The number of ether oxygens (including phenoxy) is 1. The number of nitrogens with two attached hydrogens (primary N) is 1. The van der Waals surface area contributed by atoms with Gasteiger partial charge in [-0.2, -0.15) is 0 Å². The zero-order valence-electron chi connectivity index (χ0n) is 11.8. The van der Waals surface area contributed by atoms with Gasteiger partial charge in [0, 0.05) is 12.0 Å². The first-order valence-corrected chi connectivity index (χ1v) is 7.33. The molecule has 1 aliphatic carbocycles. The minimum Gasteiger partial charge on any atom is -0.494 e. The molecule has 1 fully saturated rings. The molecule has 0 radical (unpaired) electrons. The Morgan fingerprint density at radius 1 is 1.26 bits per heavy atom. The van der Waals surface area contributed by atoms with Gasteiger partial charge in [0.05, 0.1) is 12.7 Å². The molecule has 2 rings (SSSR count). The van der Waals surface area contributed by atoms with Crippen molar-refractivity contribution in [2.75, 3.05) is 13.2 Å². The Labute approximate surface area is 115 Å². The lowest BCUT2D eigenvalue weighted by molar-refractivity contribution is 0.0333. The molecule has 1 aliphatic rings. The summed E-state index contributed by atoms with van der Waals surface area (Å²) < 4.78 is 5.56. The van der Waals surface area contributed by atoms with Crippen molar-refractivity contribution in [3.8, 4) is 5.75 Å². The summed E-state index contributed by atoms with van der Waals surface area (Å²) in [5.41, 5.74) is 6.75. The molecule has 1 saturated carbocycles. The second-order valence-corrected chi connectivity index (χ2v) is 5.59. The maximum Gasteiger partial charge on any atom is 0.119 e. The maximum atomic E-state index is 10.6. The number of rotatable bonds is 6. The van der Waals surface area contributed by atoms with E-state index >= 15 is 0 Å². The van der Waals surface area contributed by atoms with Crippen LogP contribution >= 0.6 is 0 Å². The Kier molecular flexibility index (Phi) is 4.83. The van der Waals surface area contributed by atoms with Gasteiger partial charge in [-0.3, -0.25) is 0 Å². The summed E-state index contributed by atoms with van der Waals surface area (Å²) in [7, 11) is 0. The summed E-state index contributed by atoms with van der Waals surface area (Å²) in [4.78, 5) is 0. The van der Waals surface area contributed by atoms with E-state index < -0.39 is 6.10 Å². The minimum atomic E-state index is -0.458. The molecule has 3 heteroatoms. The molecule has 0 aromatic heterocycles. The predicted octanol–water partition coefficient (Wildman–Crippen LogP) is 3.03. The van der Waals surface area contributed by atoms with Crippen molar-refractivity contribution in [3.63, 3.8) is 0 Å². The lowest BCUT2D eigenvalue weighted by atomic mass is 9.77. The zero-order valence-corrected chi connectivity index (χ0v) is 11.8. The Morgan fingerprint density at radius 3 is 2.42 bits per heavy atom. The lowest BCUT2D eigenvalue weighted by Gasteiger charge is -2.33. The zero-order chi connectivity index (χ0) is 13.7. The molecule has 1 aromatic rings. The lowest BCUT2D eigenvalue weighted by Crippen LogP contribution is -2.34. The first-order valence-electron chi connectivity index (χ1n) is 7.33. The summed E-state index contributed by atoms with van der Waals surface area (Å²) in [6.07, 6.45) is 4.94. The minimum absolute atomic E-state index is 0.119. The third-order valence-electron chi connectivity index (χ3n) is 4.25. The van der Waals surface area contributed by atoms with Crippen LogP contribution in [0.25, 0.3) is 0 Å². The molecule has 0 spiro atoms. The summed E-state index contributed by atoms with van der Waals surface area (Å²) in [6, 6.07) is 7.80. The van der Waals surface area contributed by atoms with Crippen LogP contribution in [-0.2, 0) is 0 Å². The highest BCUT2D eigenvalue weighted by molar-refractivity contribution is 5.29. The highest BCUT2D eigenvalue weighted by Crippen LogP contribution is 2.46. The van der Waals surface area contributed by atoms with Crippen molar-refractivity contribution in [1.82, 2.24) is 0 Å². The fourth-order valence-corrected chi connectivity index (χ4v) is 2.99. The SMILES string of the molecule is CCCOc1ccc(C(O)C2(CN)CCCC2)cc1. The van der Waals surface area contributed by atoms with Crippen molar-refractivity contribution in [2.45, 2.75) is 45.1 Å². The average molecular weight is 263 g/mol. The number of aliphatic hydroxyl groups excluding tert-OH is 1. The van der Waals surface area contributed by atoms with Gasteiger partial charge in [0.1, 0.15) is 5.75 Å². The molecule has 0 amide bonds. The number of benzene rings is 1. The second-order valence-electron chi connectivity index (χ2n) is 5.59. The van der Waals surface area contributed by atoms with E-state index in [1.54, 1.807) is 0 Å². The van der Waals surface area contributed by atoms with Crippen LogP contribution in [-0.4, -0.2) is 18.3 Å². The van der Waals surface area contributed by atoms with Gasteiger partial charge in [-0.1, -0.05) is 31.9 Å². The molecule has 0 heterocycles. The van der Waals surface area contributed by atoms with Crippen LogP contribution in [0.4, 0.5) is 0 Å². The summed E-state index contributed by atoms with van der Waals surface area (Å²) in [6.45, 7) is 3.38. The van der Waals surface area contributed by atoms with Crippen molar-refractivity contribution in [2.24, 2.45) is 11.1 Å².